The molecule has 0 unspecified atom stereocenters. The van der Waals surface area contributed by atoms with Crippen molar-refractivity contribution in [3.63, 3.8) is 0 Å². The Morgan fingerprint density at radius 3 is 1.95 bits per heavy atom. The molecule has 1 aliphatic rings. The summed E-state index contributed by atoms with van der Waals surface area (Å²) in [5.74, 6) is -0.850. The first-order valence-corrected chi connectivity index (χ1v) is 14.1. The summed E-state index contributed by atoms with van der Waals surface area (Å²) in [6.07, 6.45) is 5.14. The molecule has 1 aliphatic carbocycles. The van der Waals surface area contributed by atoms with Crippen LogP contribution in [0.5, 0.6) is 5.75 Å². The Kier molecular flexibility index (Phi) is 9.32. The van der Waals surface area contributed by atoms with Gasteiger partial charge in [-0.15, -0.1) is 0 Å². The number of benzene rings is 3. The fraction of sp³-hybridized carbons (Fsp3) is 0.364. The van der Waals surface area contributed by atoms with Crippen molar-refractivity contribution in [3.05, 3.63) is 76.9 Å². The molecule has 0 atom stereocenters. The number of ether oxygens (including phenoxy) is 1. The molecule has 8 nitrogen and oxygen atoms in total. The summed E-state index contributed by atoms with van der Waals surface area (Å²) in [6, 6.07) is 16.1. The van der Waals surface area contributed by atoms with Gasteiger partial charge in [0.15, 0.2) is 0 Å². The van der Waals surface area contributed by atoms with Gasteiger partial charge in [0, 0.05) is 5.69 Å². The number of aryl methyl sites for hydroxylation is 3. The first-order chi connectivity index (χ1) is 19.6. The lowest BCUT2D eigenvalue weighted by Crippen LogP contribution is -2.55. The second-order valence-corrected chi connectivity index (χ2v) is 11.0. The Labute approximate surface area is 241 Å². The fourth-order valence-electron chi connectivity index (χ4n) is 5.64. The summed E-state index contributed by atoms with van der Waals surface area (Å²) in [4.78, 5) is 39.4. The van der Waals surface area contributed by atoms with Crippen molar-refractivity contribution in [2.45, 2.75) is 71.3 Å². The molecule has 0 heterocycles. The van der Waals surface area contributed by atoms with Crippen molar-refractivity contribution in [1.82, 2.24) is 5.32 Å². The molecule has 3 aromatic rings. The second kappa shape index (κ2) is 12.9. The molecule has 0 aliphatic heterocycles. The van der Waals surface area contributed by atoms with Gasteiger partial charge in [-0.1, -0.05) is 68.0 Å². The van der Waals surface area contributed by atoms with E-state index in [0.29, 0.717) is 24.3 Å². The Morgan fingerprint density at radius 1 is 0.780 bits per heavy atom. The molecule has 0 spiro atoms. The number of carbonyl (C=O) groups excluding carboxylic acids is 2. The number of hydrogen-bond acceptors (Lipinski definition) is 4. The number of methoxy groups -OCH3 is 1. The van der Waals surface area contributed by atoms with Crippen LogP contribution < -0.4 is 20.7 Å². The van der Waals surface area contributed by atoms with Gasteiger partial charge < -0.3 is 25.8 Å². The van der Waals surface area contributed by atoms with E-state index in [1.54, 1.807) is 25.3 Å². The van der Waals surface area contributed by atoms with E-state index in [2.05, 4.69) is 16.0 Å². The van der Waals surface area contributed by atoms with Crippen LogP contribution in [0.15, 0.2) is 54.6 Å². The zero-order chi connectivity index (χ0) is 29.6. The van der Waals surface area contributed by atoms with Crippen molar-refractivity contribution in [3.8, 4) is 16.9 Å². The number of urea groups is 1. The highest BCUT2D eigenvalue weighted by Gasteiger charge is 2.40. The van der Waals surface area contributed by atoms with Crippen LogP contribution in [-0.4, -0.2) is 35.7 Å². The van der Waals surface area contributed by atoms with Gasteiger partial charge in [0.25, 0.3) is 5.91 Å². The zero-order valence-electron chi connectivity index (χ0n) is 24.2. The van der Waals surface area contributed by atoms with Crippen LogP contribution in [0.4, 0.5) is 16.2 Å². The van der Waals surface area contributed by atoms with Gasteiger partial charge in [-0.25, -0.2) is 9.59 Å². The molecule has 1 fully saturated rings. The van der Waals surface area contributed by atoms with E-state index in [-0.39, 0.29) is 11.3 Å². The van der Waals surface area contributed by atoms with Crippen LogP contribution in [0, 0.1) is 20.8 Å². The Morgan fingerprint density at radius 2 is 1.37 bits per heavy atom. The van der Waals surface area contributed by atoms with Crippen LogP contribution in [-0.2, 0) is 4.79 Å². The number of hydrogen-bond donors (Lipinski definition) is 4. The molecule has 41 heavy (non-hydrogen) atoms. The molecule has 4 rings (SSSR count). The zero-order valence-corrected chi connectivity index (χ0v) is 24.2. The minimum absolute atomic E-state index is 0.192. The monoisotopic (exact) mass is 557 g/mol. The predicted octanol–water partition coefficient (Wildman–Crippen LogP) is 7.23. The number of aliphatic carboxylic acids is 1. The van der Waals surface area contributed by atoms with Gasteiger partial charge in [-0.05, 0) is 80.1 Å². The smallest absolute Gasteiger partial charge is 0.329 e. The lowest BCUT2D eigenvalue weighted by atomic mass is 9.83. The fourth-order valence-corrected chi connectivity index (χ4v) is 5.64. The number of nitrogens with one attached hydrogen (secondary N) is 3. The quantitative estimate of drug-likeness (QED) is 0.245. The maximum Gasteiger partial charge on any atom is 0.329 e. The van der Waals surface area contributed by atoms with Crippen molar-refractivity contribution < 1.29 is 24.2 Å². The summed E-state index contributed by atoms with van der Waals surface area (Å²) in [5, 5.41) is 18.8. The Bertz CT molecular complexity index is 1400. The van der Waals surface area contributed by atoms with Crippen LogP contribution in [0.1, 0.15) is 72.0 Å². The number of rotatable bonds is 7. The van der Waals surface area contributed by atoms with E-state index in [1.165, 1.54) is 0 Å². The van der Waals surface area contributed by atoms with Crippen LogP contribution >= 0.6 is 0 Å². The maximum atomic E-state index is 13.7. The summed E-state index contributed by atoms with van der Waals surface area (Å²) in [6.45, 7) is 5.86. The summed E-state index contributed by atoms with van der Waals surface area (Å²) >= 11 is 0. The van der Waals surface area contributed by atoms with Crippen LogP contribution in [0.25, 0.3) is 11.1 Å². The molecule has 0 radical (unpaired) electrons. The number of anilines is 2. The molecule has 216 valence electrons. The molecule has 8 heteroatoms. The lowest BCUT2D eigenvalue weighted by molar-refractivity contribution is -0.145. The normalized spacial score (nSPS) is 14.7. The van der Waals surface area contributed by atoms with Gasteiger partial charge in [0.1, 0.15) is 11.3 Å². The molecule has 3 aromatic carbocycles. The molecule has 0 saturated heterocycles. The largest absolute Gasteiger partial charge is 0.497 e. The van der Waals surface area contributed by atoms with Crippen molar-refractivity contribution in [2.75, 3.05) is 17.7 Å². The Balaban J connectivity index is 1.68. The van der Waals surface area contributed by atoms with E-state index in [4.69, 9.17) is 4.74 Å². The second-order valence-electron chi connectivity index (χ2n) is 11.0. The Hall–Kier alpha value is -4.33. The number of carboxylic acid groups (broad SMARTS) is 1. The molecule has 1 saturated carbocycles. The van der Waals surface area contributed by atoms with Crippen molar-refractivity contribution >= 4 is 29.3 Å². The molecular formula is C33H39N3O5. The third kappa shape index (κ3) is 7.06. The van der Waals surface area contributed by atoms with Crippen LogP contribution in [0.2, 0.25) is 0 Å². The third-order valence-corrected chi connectivity index (χ3v) is 7.82. The summed E-state index contributed by atoms with van der Waals surface area (Å²) in [5.41, 5.74) is 4.42. The molecule has 0 bridgehead atoms. The van der Waals surface area contributed by atoms with Gasteiger partial charge in [0.05, 0.1) is 18.4 Å². The van der Waals surface area contributed by atoms with Gasteiger partial charge >= 0.3 is 12.0 Å². The van der Waals surface area contributed by atoms with E-state index in [1.807, 2.05) is 57.2 Å². The van der Waals surface area contributed by atoms with Crippen molar-refractivity contribution in [2.24, 2.45) is 0 Å². The average Bonchev–Trinajstić information content (AvgIpc) is 2.92. The molecule has 3 amide bonds. The highest BCUT2D eigenvalue weighted by atomic mass is 16.5. The summed E-state index contributed by atoms with van der Waals surface area (Å²) in [7, 11) is 1.60. The predicted molar refractivity (Wildman–Crippen MR) is 162 cm³/mol. The van der Waals surface area contributed by atoms with Gasteiger partial charge in [0.2, 0.25) is 0 Å². The third-order valence-electron chi connectivity index (χ3n) is 7.82. The minimum atomic E-state index is -1.35. The SMILES string of the molecule is COc1ccc(-c2ccc(C(=O)NC3(C(=O)O)CCCCCCC3)c(NC(=O)Nc3c(C)cc(C)cc3C)c2)cc1. The van der Waals surface area contributed by atoms with Gasteiger partial charge in [-0.2, -0.15) is 0 Å². The molecular weight excluding hydrogens is 518 g/mol. The number of amides is 3. The highest BCUT2D eigenvalue weighted by molar-refractivity contribution is 6.08. The van der Waals surface area contributed by atoms with Crippen molar-refractivity contribution in [1.29, 1.82) is 0 Å². The topological polar surface area (TPSA) is 117 Å². The first-order valence-electron chi connectivity index (χ1n) is 14.1. The average molecular weight is 558 g/mol. The van der Waals surface area contributed by atoms with E-state index < -0.39 is 23.4 Å². The summed E-state index contributed by atoms with van der Waals surface area (Å²) < 4.78 is 5.27. The standard InChI is InChI=1S/C33H39N3O5/c1-21-18-22(2)29(23(3)19-21)35-32(40)34-28-20-25(24-10-13-26(41-4)14-11-24)12-15-27(28)30(37)36-33(31(38)39)16-8-6-5-7-9-17-33/h10-15,18-20H,5-9,16-17H2,1-4H3,(H,36,37)(H,38,39)(H2,34,35,40). The maximum absolute atomic E-state index is 13.7. The lowest BCUT2D eigenvalue weighted by Gasteiger charge is -2.32. The number of carboxylic acids is 1. The minimum Gasteiger partial charge on any atom is -0.497 e. The van der Waals surface area contributed by atoms with E-state index >= 15 is 0 Å². The number of carbonyl (C=O) groups is 3. The van der Waals surface area contributed by atoms with E-state index in [0.717, 1.165) is 59.9 Å². The first kappa shape index (κ1) is 29.6. The highest BCUT2D eigenvalue weighted by Crippen LogP contribution is 2.31. The van der Waals surface area contributed by atoms with E-state index in [9.17, 15) is 19.5 Å². The molecule has 4 N–H and O–H groups in total. The van der Waals surface area contributed by atoms with Crippen LogP contribution in [0.3, 0.4) is 0 Å². The van der Waals surface area contributed by atoms with Gasteiger partial charge in [-0.3, -0.25) is 4.79 Å². The molecule has 0 aromatic heterocycles.